The summed E-state index contributed by atoms with van der Waals surface area (Å²) in [5.41, 5.74) is 5.29. The van der Waals surface area contributed by atoms with E-state index in [0.29, 0.717) is 99.9 Å². The number of carboxylic acids is 1. The molecule has 3 aliphatic rings. The van der Waals surface area contributed by atoms with Gasteiger partial charge < -0.3 is 30.7 Å². The molecule has 5 N–H and O–H groups in total. The van der Waals surface area contributed by atoms with Gasteiger partial charge in [-0.2, -0.15) is 0 Å². The smallest absolute Gasteiger partial charge is 0.407 e. The molecule has 358 valence electrons. The number of hydrogen-bond acceptors (Lipinski definition) is 10. The molecular weight excluding hydrogens is 837 g/mol. The van der Waals surface area contributed by atoms with Crippen molar-refractivity contribution in [2.45, 2.75) is 150 Å². The van der Waals surface area contributed by atoms with E-state index < -0.39 is 30.1 Å². The SMILES string of the molecule is CC(C)CC(=NCCCC[C@H](NC(=O)[C@H](CCCCN=C(CC(C)C)C1=C(O)CC(C)(C)CC1=O)NC(=O)OCC1c2ccccc2-c2ccccc21)C(=O)O)C1=C(O)CC(C)(C)CC1=O. The zero-order valence-electron chi connectivity index (χ0n) is 40.3. The number of benzene rings is 2. The first-order chi connectivity index (χ1) is 31.2. The summed E-state index contributed by atoms with van der Waals surface area (Å²) in [4.78, 5) is 75.8. The normalized spacial score (nSPS) is 18.3. The van der Waals surface area contributed by atoms with E-state index in [1.807, 2.05) is 104 Å². The number of hydrogen-bond donors (Lipinski definition) is 5. The molecular formula is C53H72N4O9. The zero-order chi connectivity index (χ0) is 48.3. The molecule has 0 saturated carbocycles. The van der Waals surface area contributed by atoms with E-state index in [4.69, 9.17) is 14.7 Å². The van der Waals surface area contributed by atoms with E-state index in [1.165, 1.54) is 0 Å². The van der Waals surface area contributed by atoms with Crippen LogP contribution in [-0.4, -0.2) is 88.1 Å². The Morgan fingerprint density at radius 3 is 1.53 bits per heavy atom. The van der Waals surface area contributed by atoms with E-state index in [9.17, 15) is 39.3 Å². The fraction of sp³-hybridized carbons (Fsp3) is 0.566. The molecule has 0 aliphatic heterocycles. The lowest BCUT2D eigenvalue weighted by Gasteiger charge is -2.30. The van der Waals surface area contributed by atoms with E-state index in [2.05, 4.69) is 10.6 Å². The number of amides is 2. The fourth-order valence-corrected chi connectivity index (χ4v) is 9.43. The van der Waals surface area contributed by atoms with Gasteiger partial charge in [-0.15, -0.1) is 0 Å². The Hall–Kier alpha value is -5.59. The Kier molecular flexibility index (Phi) is 17.7. The standard InChI is InChI=1S/C53H72N4O9/c1-32(2)25-41(47-43(58)27-52(5,6)28-44(47)59)54-23-15-13-21-39(57-51(65)66-31-38-36-19-11-9-17-34(36)35-18-10-12-20-37(35)38)49(62)56-40(50(63)64)22-14-16-24-55-42(26-33(3)4)48-45(60)29-53(7,8)30-46(48)61/h9-12,17-20,32-33,38-40,58,60H,13-16,21-31H2,1-8H3,(H,56,62)(H,57,65)(H,63,64)/t39-,40-/m0/s1. The predicted octanol–water partition coefficient (Wildman–Crippen LogP) is 10.2. The van der Waals surface area contributed by atoms with Crippen LogP contribution < -0.4 is 10.6 Å². The first kappa shape index (κ1) is 51.4. The van der Waals surface area contributed by atoms with Crippen molar-refractivity contribution in [3.8, 4) is 11.1 Å². The number of carbonyl (C=O) groups excluding carboxylic acids is 4. The van der Waals surface area contributed by atoms with Crippen LogP contribution in [0, 0.1) is 22.7 Å². The van der Waals surface area contributed by atoms with Gasteiger partial charge in [0.2, 0.25) is 5.91 Å². The molecule has 2 atom stereocenters. The summed E-state index contributed by atoms with van der Waals surface area (Å²) in [7, 11) is 0. The van der Waals surface area contributed by atoms with Gasteiger partial charge in [-0.05, 0) is 96.3 Å². The number of carboxylic acid groups (broad SMARTS) is 1. The molecule has 0 heterocycles. The van der Waals surface area contributed by atoms with Gasteiger partial charge in [0.05, 0.1) is 11.1 Å². The number of ketones is 2. The second-order valence-corrected chi connectivity index (χ2v) is 20.8. The number of alkyl carbamates (subject to hydrolysis) is 1. The van der Waals surface area contributed by atoms with E-state index in [0.717, 1.165) is 22.3 Å². The van der Waals surface area contributed by atoms with Crippen molar-refractivity contribution < 1.29 is 44.0 Å². The lowest BCUT2D eigenvalue weighted by atomic mass is 9.75. The summed E-state index contributed by atoms with van der Waals surface area (Å²) >= 11 is 0. The largest absolute Gasteiger partial charge is 0.511 e. The predicted molar refractivity (Wildman–Crippen MR) is 258 cm³/mol. The van der Waals surface area contributed by atoms with Gasteiger partial charge in [0.15, 0.2) is 11.6 Å². The van der Waals surface area contributed by atoms with Crippen LogP contribution in [0.2, 0.25) is 0 Å². The van der Waals surface area contributed by atoms with Gasteiger partial charge in [0, 0.05) is 56.1 Å². The lowest BCUT2D eigenvalue weighted by molar-refractivity contribution is -0.142. The van der Waals surface area contributed by atoms with Crippen LogP contribution in [0.15, 0.2) is 81.2 Å². The number of Topliss-reactive ketones (excluding diaryl/α,β-unsaturated/α-hetero) is 2. The molecule has 13 heteroatoms. The molecule has 0 spiro atoms. The third-order valence-electron chi connectivity index (χ3n) is 12.5. The van der Waals surface area contributed by atoms with E-state index >= 15 is 0 Å². The van der Waals surface area contributed by atoms with Gasteiger partial charge in [0.1, 0.15) is 30.2 Å². The zero-order valence-corrected chi connectivity index (χ0v) is 40.3. The van der Waals surface area contributed by atoms with Crippen LogP contribution in [-0.2, 0) is 23.9 Å². The highest BCUT2D eigenvalue weighted by Gasteiger charge is 2.37. The number of nitrogens with zero attached hydrogens (tertiary/aromatic N) is 2. The van der Waals surface area contributed by atoms with Crippen molar-refractivity contribution in [2.24, 2.45) is 32.7 Å². The number of unbranched alkanes of at least 4 members (excludes halogenated alkanes) is 2. The Balaban J connectivity index is 1.25. The first-order valence-electron chi connectivity index (χ1n) is 23.8. The van der Waals surface area contributed by atoms with Crippen LogP contribution in [0.4, 0.5) is 4.79 Å². The van der Waals surface area contributed by atoms with Crippen LogP contribution in [0.25, 0.3) is 11.1 Å². The highest BCUT2D eigenvalue weighted by atomic mass is 16.5. The minimum atomic E-state index is -1.25. The summed E-state index contributed by atoms with van der Waals surface area (Å²) in [6.07, 6.45) is 3.68. The molecule has 0 bridgehead atoms. The highest BCUT2D eigenvalue weighted by Crippen LogP contribution is 2.44. The minimum absolute atomic E-state index is 0.0301. The third-order valence-corrected chi connectivity index (χ3v) is 12.5. The monoisotopic (exact) mass is 909 g/mol. The second kappa shape index (κ2) is 22.7. The molecule has 5 rings (SSSR count). The number of aliphatic imine (C=N–C) groups is 2. The van der Waals surface area contributed by atoms with Gasteiger partial charge >= 0.3 is 12.1 Å². The molecule has 0 saturated heterocycles. The molecule has 0 fully saturated rings. The number of aliphatic hydroxyl groups is 2. The first-order valence-corrected chi connectivity index (χ1v) is 23.8. The lowest BCUT2D eigenvalue weighted by Crippen LogP contribution is -2.51. The van der Waals surface area contributed by atoms with Gasteiger partial charge in [-0.3, -0.25) is 24.4 Å². The number of carbonyl (C=O) groups is 5. The van der Waals surface area contributed by atoms with E-state index in [1.54, 1.807) is 0 Å². The van der Waals surface area contributed by atoms with Crippen molar-refractivity contribution in [1.29, 1.82) is 0 Å². The van der Waals surface area contributed by atoms with E-state index in [-0.39, 0.29) is 71.1 Å². The second-order valence-electron chi connectivity index (χ2n) is 20.8. The summed E-state index contributed by atoms with van der Waals surface area (Å²) in [5, 5.41) is 37.4. The Morgan fingerprint density at radius 2 is 1.11 bits per heavy atom. The third kappa shape index (κ3) is 14.0. The van der Waals surface area contributed by atoms with Crippen LogP contribution in [0.5, 0.6) is 0 Å². The van der Waals surface area contributed by atoms with Crippen molar-refractivity contribution in [3.63, 3.8) is 0 Å². The number of ether oxygens (including phenoxy) is 1. The average Bonchev–Trinajstić information content (AvgIpc) is 3.52. The molecule has 3 aliphatic carbocycles. The number of aliphatic carboxylic acids is 1. The summed E-state index contributed by atoms with van der Waals surface area (Å²) < 4.78 is 5.79. The quantitative estimate of drug-likeness (QED) is 0.0562. The molecule has 2 aromatic carbocycles. The van der Waals surface area contributed by atoms with Crippen molar-refractivity contribution >= 4 is 41.0 Å². The molecule has 0 unspecified atom stereocenters. The highest BCUT2D eigenvalue weighted by molar-refractivity contribution is 6.24. The van der Waals surface area contributed by atoms with Crippen molar-refractivity contribution in [3.05, 3.63) is 82.3 Å². The average molecular weight is 909 g/mol. The topological polar surface area (TPSA) is 204 Å². The van der Waals surface area contributed by atoms with Gasteiger partial charge in [0.25, 0.3) is 0 Å². The Morgan fingerprint density at radius 1 is 0.667 bits per heavy atom. The molecule has 2 amide bonds. The van der Waals surface area contributed by atoms with Crippen LogP contribution >= 0.6 is 0 Å². The maximum atomic E-state index is 13.9. The maximum Gasteiger partial charge on any atom is 0.407 e. The number of allylic oxidation sites excluding steroid dienone is 4. The molecule has 0 aromatic heterocycles. The molecule has 66 heavy (non-hydrogen) atoms. The van der Waals surface area contributed by atoms with Crippen molar-refractivity contribution in [1.82, 2.24) is 10.6 Å². The number of aliphatic hydroxyl groups excluding tert-OH is 2. The summed E-state index contributed by atoms with van der Waals surface area (Å²) in [6.45, 7) is 16.5. The van der Waals surface area contributed by atoms with Crippen molar-refractivity contribution in [2.75, 3.05) is 19.7 Å². The van der Waals surface area contributed by atoms with Gasteiger partial charge in [-0.25, -0.2) is 9.59 Å². The number of nitrogens with one attached hydrogen (secondary N) is 2. The summed E-state index contributed by atoms with van der Waals surface area (Å²) in [6, 6.07) is 13.6. The Labute approximate surface area is 390 Å². The van der Waals surface area contributed by atoms with Crippen LogP contribution in [0.1, 0.15) is 149 Å². The van der Waals surface area contributed by atoms with Gasteiger partial charge in [-0.1, -0.05) is 104 Å². The fourth-order valence-electron chi connectivity index (χ4n) is 9.43. The maximum absolute atomic E-state index is 13.9. The molecule has 0 radical (unpaired) electrons. The molecule has 2 aromatic rings. The number of rotatable bonds is 22. The minimum Gasteiger partial charge on any atom is -0.511 e. The Bertz CT molecular complexity index is 2200. The molecule has 13 nitrogen and oxygen atoms in total. The van der Waals surface area contributed by atoms with Crippen LogP contribution in [0.3, 0.4) is 0 Å². The number of fused-ring (bicyclic) bond motifs is 3. The summed E-state index contributed by atoms with van der Waals surface area (Å²) in [5.74, 6) is -1.83.